The number of sulfonamides is 1. The van der Waals surface area contributed by atoms with Crippen molar-refractivity contribution in [3.05, 3.63) is 89.9 Å². The van der Waals surface area contributed by atoms with Gasteiger partial charge in [-0.05, 0) is 54.4 Å². The summed E-state index contributed by atoms with van der Waals surface area (Å²) in [6.45, 7) is -0.264. The van der Waals surface area contributed by atoms with Crippen LogP contribution in [-0.2, 0) is 21.0 Å². The van der Waals surface area contributed by atoms with Gasteiger partial charge in [0, 0.05) is 30.6 Å². The molecule has 1 aliphatic heterocycles. The Bertz CT molecular complexity index is 1680. The standard InChI is InChI=1S/C27H22F3N3O5S/c28-27(29,30)20-4-1-5-22(16-20)39(36,37)33-17-21(9-11-25(34)35)38-24-10-7-18(15-23(24)33)6-8-19-3-2-13-32-14-12-31-26(19)32/h1-8,10,12-16,21H,9,11,17H2,(H,34,35)/b8-6+/t21-/m0/s1. The number of imidazole rings is 1. The van der Waals surface area contributed by atoms with E-state index >= 15 is 0 Å². The number of ether oxygens (including phenoxy) is 1. The van der Waals surface area contributed by atoms with E-state index in [9.17, 15) is 26.4 Å². The van der Waals surface area contributed by atoms with Crippen LogP contribution in [-0.4, -0.2) is 41.5 Å². The van der Waals surface area contributed by atoms with E-state index in [0.29, 0.717) is 11.6 Å². The van der Waals surface area contributed by atoms with Crippen molar-refractivity contribution < 1.29 is 36.2 Å². The second-order valence-electron chi connectivity index (χ2n) is 8.92. The predicted molar refractivity (Wildman–Crippen MR) is 138 cm³/mol. The van der Waals surface area contributed by atoms with Crippen LogP contribution in [0.2, 0.25) is 0 Å². The smallest absolute Gasteiger partial charge is 0.416 e. The molecule has 12 heteroatoms. The maximum atomic E-state index is 13.7. The summed E-state index contributed by atoms with van der Waals surface area (Å²) in [7, 11) is -4.47. The normalized spacial score (nSPS) is 15.9. The van der Waals surface area contributed by atoms with Gasteiger partial charge in [0.2, 0.25) is 0 Å². The molecule has 39 heavy (non-hydrogen) atoms. The summed E-state index contributed by atoms with van der Waals surface area (Å²) in [6.07, 6.45) is 3.11. The molecule has 1 N–H and O–H groups in total. The van der Waals surface area contributed by atoms with Gasteiger partial charge in [-0.3, -0.25) is 9.10 Å². The Morgan fingerprint density at radius 3 is 2.69 bits per heavy atom. The number of hydrogen-bond donors (Lipinski definition) is 1. The summed E-state index contributed by atoms with van der Waals surface area (Å²) in [6, 6.07) is 12.1. The molecule has 0 amide bonds. The van der Waals surface area contributed by atoms with Gasteiger partial charge in [-0.15, -0.1) is 0 Å². The molecule has 0 bridgehead atoms. The topological polar surface area (TPSA) is 101 Å². The molecule has 3 heterocycles. The molecule has 202 valence electrons. The quantitative estimate of drug-likeness (QED) is 0.329. The molecule has 0 radical (unpaired) electrons. The number of alkyl halides is 3. The van der Waals surface area contributed by atoms with Crippen molar-refractivity contribution in [3.8, 4) is 5.75 Å². The predicted octanol–water partition coefficient (Wildman–Crippen LogP) is 5.34. The van der Waals surface area contributed by atoms with Gasteiger partial charge in [0.05, 0.1) is 22.7 Å². The lowest BCUT2D eigenvalue weighted by Crippen LogP contribution is -2.43. The Morgan fingerprint density at radius 1 is 1.10 bits per heavy atom. The highest BCUT2D eigenvalue weighted by atomic mass is 32.2. The van der Waals surface area contributed by atoms with Crippen molar-refractivity contribution in [1.82, 2.24) is 9.38 Å². The Labute approximate surface area is 221 Å². The molecule has 2 aromatic heterocycles. The van der Waals surface area contributed by atoms with Gasteiger partial charge in [0.1, 0.15) is 17.5 Å². The molecular formula is C27H22F3N3O5S. The first-order valence-corrected chi connectivity index (χ1v) is 13.3. The van der Waals surface area contributed by atoms with Crippen molar-refractivity contribution in [2.45, 2.75) is 30.0 Å². The Morgan fingerprint density at radius 2 is 1.92 bits per heavy atom. The van der Waals surface area contributed by atoms with Gasteiger partial charge in [-0.2, -0.15) is 13.2 Å². The minimum atomic E-state index is -4.73. The third kappa shape index (κ3) is 5.46. The van der Waals surface area contributed by atoms with Crippen LogP contribution < -0.4 is 9.04 Å². The van der Waals surface area contributed by atoms with E-state index in [4.69, 9.17) is 9.84 Å². The summed E-state index contributed by atoms with van der Waals surface area (Å²) >= 11 is 0. The van der Waals surface area contributed by atoms with Crippen molar-refractivity contribution in [3.63, 3.8) is 0 Å². The van der Waals surface area contributed by atoms with Crippen molar-refractivity contribution >= 4 is 39.5 Å². The van der Waals surface area contributed by atoms with Gasteiger partial charge < -0.3 is 14.2 Å². The first-order chi connectivity index (χ1) is 18.5. The van der Waals surface area contributed by atoms with Gasteiger partial charge in [0.25, 0.3) is 10.0 Å². The number of halogens is 3. The molecule has 1 atom stereocenters. The number of carboxylic acids is 1. The van der Waals surface area contributed by atoms with Gasteiger partial charge in [-0.25, -0.2) is 13.4 Å². The number of hydrogen-bond acceptors (Lipinski definition) is 5. The summed E-state index contributed by atoms with van der Waals surface area (Å²) < 4.78 is 76.1. The highest BCUT2D eigenvalue weighted by molar-refractivity contribution is 7.92. The molecule has 0 fully saturated rings. The molecule has 8 nitrogen and oxygen atoms in total. The van der Waals surface area contributed by atoms with Crippen LogP contribution in [0.1, 0.15) is 29.5 Å². The third-order valence-electron chi connectivity index (χ3n) is 6.25. The number of carbonyl (C=O) groups is 1. The van der Waals surface area contributed by atoms with Crippen molar-refractivity contribution in [2.75, 3.05) is 10.8 Å². The monoisotopic (exact) mass is 557 g/mol. The molecule has 0 saturated heterocycles. The van der Waals surface area contributed by atoms with E-state index in [1.165, 1.54) is 0 Å². The third-order valence-corrected chi connectivity index (χ3v) is 8.02. The fourth-order valence-electron chi connectivity index (χ4n) is 4.34. The Kier molecular flexibility index (Phi) is 6.81. The number of pyridine rings is 1. The van der Waals surface area contributed by atoms with Crippen LogP contribution >= 0.6 is 0 Å². The fraction of sp³-hybridized carbons (Fsp3) is 0.185. The number of anilines is 1. The molecule has 0 unspecified atom stereocenters. The summed E-state index contributed by atoms with van der Waals surface area (Å²) in [5.74, 6) is -0.899. The van der Waals surface area contributed by atoms with E-state index in [1.54, 1.807) is 36.7 Å². The van der Waals surface area contributed by atoms with Gasteiger partial charge in [-0.1, -0.05) is 24.3 Å². The Balaban J connectivity index is 1.54. The Hall–Kier alpha value is -4.32. The van der Waals surface area contributed by atoms with Gasteiger partial charge >= 0.3 is 12.1 Å². The van der Waals surface area contributed by atoms with Gasteiger partial charge in [0.15, 0.2) is 0 Å². The maximum absolute atomic E-state index is 13.7. The number of fused-ring (bicyclic) bond motifs is 2. The lowest BCUT2D eigenvalue weighted by Gasteiger charge is -2.35. The fourth-order valence-corrected chi connectivity index (χ4v) is 5.89. The maximum Gasteiger partial charge on any atom is 0.416 e. The van der Waals surface area contributed by atoms with Crippen molar-refractivity contribution in [2.24, 2.45) is 0 Å². The van der Waals surface area contributed by atoms with E-state index in [1.807, 2.05) is 28.8 Å². The van der Waals surface area contributed by atoms with E-state index in [0.717, 1.165) is 33.7 Å². The zero-order valence-electron chi connectivity index (χ0n) is 20.2. The summed E-state index contributed by atoms with van der Waals surface area (Å²) in [5, 5.41) is 9.08. The molecule has 0 saturated carbocycles. The molecule has 4 aromatic rings. The highest BCUT2D eigenvalue weighted by Crippen LogP contribution is 2.40. The van der Waals surface area contributed by atoms with E-state index in [-0.39, 0.29) is 30.8 Å². The second kappa shape index (κ2) is 10.1. The number of benzene rings is 2. The van der Waals surface area contributed by atoms with Crippen LogP contribution in [0.4, 0.5) is 18.9 Å². The van der Waals surface area contributed by atoms with E-state index in [2.05, 4.69) is 4.98 Å². The number of rotatable bonds is 7. The number of aliphatic carboxylic acids is 1. The first kappa shape index (κ1) is 26.3. The molecular weight excluding hydrogens is 535 g/mol. The SMILES string of the molecule is O=C(O)CC[C@H]1CN(S(=O)(=O)c2cccc(C(F)(F)F)c2)c2cc(/C=C/c3cccn4ccnc34)ccc2O1. The average Bonchev–Trinajstić information content (AvgIpc) is 3.39. The van der Waals surface area contributed by atoms with Crippen LogP contribution in [0.15, 0.2) is 78.1 Å². The zero-order chi connectivity index (χ0) is 27.8. The molecule has 0 aliphatic carbocycles. The average molecular weight is 558 g/mol. The van der Waals surface area contributed by atoms with Crippen LogP contribution in [0.3, 0.4) is 0 Å². The second-order valence-corrected chi connectivity index (χ2v) is 10.8. The number of aromatic nitrogens is 2. The lowest BCUT2D eigenvalue weighted by atomic mass is 10.1. The van der Waals surface area contributed by atoms with Crippen molar-refractivity contribution in [1.29, 1.82) is 0 Å². The first-order valence-electron chi connectivity index (χ1n) is 11.8. The summed E-state index contributed by atoms with van der Waals surface area (Å²) in [4.78, 5) is 14.9. The number of carboxylic acid groups (broad SMARTS) is 1. The molecule has 0 spiro atoms. The molecule has 1 aliphatic rings. The molecule has 2 aromatic carbocycles. The summed E-state index contributed by atoms with van der Waals surface area (Å²) in [5.41, 5.74) is 1.20. The number of nitrogens with zero attached hydrogens (tertiary/aromatic N) is 3. The van der Waals surface area contributed by atoms with E-state index < -0.39 is 38.7 Å². The van der Waals surface area contributed by atoms with Crippen LogP contribution in [0.5, 0.6) is 5.75 Å². The minimum Gasteiger partial charge on any atom is -0.486 e. The zero-order valence-corrected chi connectivity index (χ0v) is 21.1. The minimum absolute atomic E-state index is 0.0133. The lowest BCUT2D eigenvalue weighted by molar-refractivity contribution is -0.138. The highest BCUT2D eigenvalue weighted by Gasteiger charge is 2.37. The largest absolute Gasteiger partial charge is 0.486 e. The van der Waals surface area contributed by atoms with Crippen LogP contribution in [0.25, 0.3) is 17.8 Å². The van der Waals surface area contributed by atoms with Crippen LogP contribution in [0, 0.1) is 0 Å². The molecule has 5 rings (SSSR count).